The van der Waals surface area contributed by atoms with Gasteiger partial charge in [-0.25, -0.2) is 8.78 Å². The third-order valence-electron chi connectivity index (χ3n) is 3.47. The highest BCUT2D eigenvalue weighted by Gasteiger charge is 2.33. The summed E-state index contributed by atoms with van der Waals surface area (Å²) in [6.45, 7) is 4.73. The Labute approximate surface area is 159 Å². The molecule has 152 valence electrons. The summed E-state index contributed by atoms with van der Waals surface area (Å²) in [6.07, 6.45) is -1.30. The summed E-state index contributed by atoms with van der Waals surface area (Å²) in [5, 5.41) is 0. The highest BCUT2D eigenvalue weighted by atomic mass is 32.1. The van der Waals surface area contributed by atoms with E-state index in [1.165, 1.54) is 6.92 Å². The Morgan fingerprint density at radius 1 is 0.889 bits per heavy atom. The molecule has 0 aliphatic rings. The average Bonchev–Trinajstić information content (AvgIpc) is 3.05. The van der Waals surface area contributed by atoms with E-state index in [9.17, 15) is 22.8 Å². The van der Waals surface area contributed by atoms with Gasteiger partial charge in [-0.2, -0.15) is 8.75 Å². The maximum atomic E-state index is 14.8. The molecule has 1 heterocycles. The Hall–Kier alpha value is -0.800. The van der Waals surface area contributed by atoms with E-state index in [4.69, 9.17) is 13.6 Å². The molecule has 0 fully saturated rings. The molecule has 27 heavy (non-hydrogen) atoms. The number of halogens is 2. The van der Waals surface area contributed by atoms with Gasteiger partial charge in [-0.15, -0.1) is 0 Å². The minimum absolute atomic E-state index is 0.0509. The van der Waals surface area contributed by atoms with Crippen LogP contribution in [0.2, 0.25) is 0 Å². The zero-order valence-electron chi connectivity index (χ0n) is 15.0. The van der Waals surface area contributed by atoms with Crippen LogP contribution < -0.4 is 0 Å². The standard InChI is InChI=1S/C14H20F2N2O6P2S/c1-4-22-25(19,20)7-9-11(15)12(16)10(14-13(9)17-27-18-14)8-26(21,23-5-2)24-6-3/h4-8H2,1-3H3,(H,19,20). The first kappa shape index (κ1) is 22.5. The number of fused-ring (bicyclic) bond motifs is 1. The lowest BCUT2D eigenvalue weighted by Crippen LogP contribution is -2.07. The van der Waals surface area contributed by atoms with Crippen molar-refractivity contribution in [2.75, 3.05) is 19.8 Å². The second kappa shape index (κ2) is 9.13. The van der Waals surface area contributed by atoms with Crippen LogP contribution in [0.25, 0.3) is 11.0 Å². The molecule has 0 saturated heterocycles. The molecule has 0 aliphatic carbocycles. The van der Waals surface area contributed by atoms with Crippen LogP contribution >= 0.6 is 26.9 Å². The van der Waals surface area contributed by atoms with Gasteiger partial charge in [-0.3, -0.25) is 9.13 Å². The van der Waals surface area contributed by atoms with Crippen LogP contribution in [0.3, 0.4) is 0 Å². The Bertz CT molecular complexity index is 899. The fourth-order valence-electron chi connectivity index (χ4n) is 2.51. The monoisotopic (exact) mass is 444 g/mol. The van der Waals surface area contributed by atoms with Gasteiger partial charge in [0.1, 0.15) is 11.0 Å². The summed E-state index contributed by atoms with van der Waals surface area (Å²) >= 11 is 0.674. The van der Waals surface area contributed by atoms with Crippen molar-refractivity contribution < 1.29 is 36.4 Å². The van der Waals surface area contributed by atoms with Gasteiger partial charge >= 0.3 is 15.2 Å². The maximum Gasteiger partial charge on any atom is 0.335 e. The van der Waals surface area contributed by atoms with Crippen LogP contribution in [0.4, 0.5) is 8.78 Å². The first-order valence-electron chi connectivity index (χ1n) is 8.13. The van der Waals surface area contributed by atoms with Gasteiger partial charge < -0.3 is 18.5 Å². The van der Waals surface area contributed by atoms with E-state index < -0.39 is 44.7 Å². The van der Waals surface area contributed by atoms with Crippen LogP contribution in [-0.2, 0) is 35.0 Å². The molecule has 1 N–H and O–H groups in total. The second-order valence-corrected chi connectivity index (χ2v) is 9.80. The molecule has 0 saturated carbocycles. The number of rotatable bonds is 10. The molecule has 8 nitrogen and oxygen atoms in total. The first-order valence-corrected chi connectivity index (χ1v) is 12.4. The zero-order valence-corrected chi connectivity index (χ0v) is 17.6. The summed E-state index contributed by atoms with van der Waals surface area (Å²) in [6, 6.07) is 0. The first-order chi connectivity index (χ1) is 12.7. The Kier molecular flexibility index (Phi) is 7.61. The van der Waals surface area contributed by atoms with Crippen LogP contribution in [0.15, 0.2) is 0 Å². The zero-order chi connectivity index (χ0) is 20.2. The van der Waals surface area contributed by atoms with Gasteiger partial charge in [0.05, 0.1) is 43.9 Å². The molecule has 0 aliphatic heterocycles. The fourth-order valence-corrected chi connectivity index (χ4v) is 6.01. The molecule has 0 amide bonds. The molecule has 1 aromatic heterocycles. The SMILES string of the molecule is CCOP(=O)(O)Cc1c(F)c(F)c(CP(=O)(OCC)OCC)c2nsnc12. The summed E-state index contributed by atoms with van der Waals surface area (Å²) in [5.41, 5.74) is -0.858. The molecular weight excluding hydrogens is 424 g/mol. The molecule has 0 bridgehead atoms. The molecule has 0 radical (unpaired) electrons. The van der Waals surface area contributed by atoms with Crippen LogP contribution in [0, 0.1) is 11.6 Å². The molecule has 13 heteroatoms. The molecule has 0 spiro atoms. The summed E-state index contributed by atoms with van der Waals surface area (Å²) in [5.74, 6) is -2.69. The lowest BCUT2D eigenvalue weighted by atomic mass is 10.1. The van der Waals surface area contributed by atoms with Crippen molar-refractivity contribution in [1.82, 2.24) is 8.75 Å². The highest BCUT2D eigenvalue weighted by molar-refractivity contribution is 7.53. The van der Waals surface area contributed by atoms with Gasteiger partial charge in [0.25, 0.3) is 0 Å². The number of nitrogens with zero attached hydrogens (tertiary/aromatic N) is 2. The van der Waals surface area contributed by atoms with Gasteiger partial charge in [0.2, 0.25) is 0 Å². The molecule has 1 aromatic carbocycles. The van der Waals surface area contributed by atoms with E-state index in [1.807, 2.05) is 0 Å². The Morgan fingerprint density at radius 3 is 1.78 bits per heavy atom. The van der Waals surface area contributed by atoms with Gasteiger partial charge in [-0.05, 0) is 20.8 Å². The molecular formula is C14H20F2N2O6P2S. The van der Waals surface area contributed by atoms with Crippen LogP contribution in [0.5, 0.6) is 0 Å². The topological polar surface area (TPSA) is 108 Å². The number of benzene rings is 1. The summed E-state index contributed by atoms with van der Waals surface area (Å²) in [7, 11) is -7.93. The van der Waals surface area contributed by atoms with Crippen molar-refractivity contribution in [3.63, 3.8) is 0 Å². The van der Waals surface area contributed by atoms with E-state index in [-0.39, 0.29) is 36.4 Å². The van der Waals surface area contributed by atoms with Gasteiger partial charge in [0.15, 0.2) is 11.6 Å². The normalized spacial score (nSPS) is 14.6. The van der Waals surface area contributed by atoms with Crippen molar-refractivity contribution in [2.45, 2.75) is 33.1 Å². The molecule has 1 unspecified atom stereocenters. The van der Waals surface area contributed by atoms with Crippen molar-refractivity contribution >= 4 is 38.0 Å². The van der Waals surface area contributed by atoms with E-state index in [0.717, 1.165) is 0 Å². The van der Waals surface area contributed by atoms with E-state index in [1.54, 1.807) is 13.8 Å². The van der Waals surface area contributed by atoms with Gasteiger partial charge in [0, 0.05) is 11.1 Å². The Balaban J connectivity index is 2.57. The average molecular weight is 444 g/mol. The number of hydrogen-bond acceptors (Lipinski definition) is 8. The second-order valence-electron chi connectivity index (χ2n) is 5.36. The number of hydrogen-bond donors (Lipinski definition) is 1. The largest absolute Gasteiger partial charge is 0.335 e. The van der Waals surface area contributed by atoms with E-state index in [0.29, 0.717) is 11.7 Å². The quantitative estimate of drug-likeness (QED) is 0.536. The van der Waals surface area contributed by atoms with Crippen LogP contribution in [-0.4, -0.2) is 33.5 Å². The lowest BCUT2D eigenvalue weighted by molar-refractivity contribution is 0.219. The predicted octanol–water partition coefficient (Wildman–Crippen LogP) is 4.46. The van der Waals surface area contributed by atoms with E-state index >= 15 is 0 Å². The van der Waals surface area contributed by atoms with Crippen molar-refractivity contribution in [3.8, 4) is 0 Å². The highest BCUT2D eigenvalue weighted by Crippen LogP contribution is 2.53. The third kappa shape index (κ3) is 5.17. The number of aromatic nitrogens is 2. The minimum Gasteiger partial charge on any atom is -0.324 e. The Morgan fingerprint density at radius 2 is 1.33 bits per heavy atom. The molecule has 2 aromatic rings. The van der Waals surface area contributed by atoms with Crippen molar-refractivity contribution in [3.05, 3.63) is 22.8 Å². The van der Waals surface area contributed by atoms with Gasteiger partial charge in [-0.1, -0.05) is 0 Å². The smallest absolute Gasteiger partial charge is 0.324 e. The van der Waals surface area contributed by atoms with Crippen molar-refractivity contribution in [1.29, 1.82) is 0 Å². The fraction of sp³-hybridized carbons (Fsp3) is 0.571. The maximum absolute atomic E-state index is 14.8. The minimum atomic E-state index is -4.19. The predicted molar refractivity (Wildman–Crippen MR) is 97.0 cm³/mol. The lowest BCUT2D eigenvalue weighted by Gasteiger charge is -2.18. The van der Waals surface area contributed by atoms with E-state index in [2.05, 4.69) is 8.75 Å². The summed E-state index contributed by atoms with van der Waals surface area (Å²) < 4.78 is 77.0. The third-order valence-corrected chi connectivity index (χ3v) is 7.39. The summed E-state index contributed by atoms with van der Waals surface area (Å²) in [4.78, 5) is 9.79. The molecule has 2 rings (SSSR count). The van der Waals surface area contributed by atoms with Crippen molar-refractivity contribution in [2.24, 2.45) is 0 Å². The van der Waals surface area contributed by atoms with Crippen LogP contribution in [0.1, 0.15) is 31.9 Å². The molecule has 1 atom stereocenters.